The summed E-state index contributed by atoms with van der Waals surface area (Å²) < 4.78 is 5.96. The van der Waals surface area contributed by atoms with Crippen LogP contribution in [0.1, 0.15) is 65.2 Å². The van der Waals surface area contributed by atoms with E-state index in [-0.39, 0.29) is 34.9 Å². The first-order chi connectivity index (χ1) is 11.4. The van der Waals surface area contributed by atoms with Gasteiger partial charge in [-0.15, -0.1) is 0 Å². The fourth-order valence-corrected chi connectivity index (χ4v) is 6.24. The van der Waals surface area contributed by atoms with Crippen molar-refractivity contribution in [2.45, 2.75) is 70.8 Å². The van der Waals surface area contributed by atoms with Crippen molar-refractivity contribution in [2.24, 2.45) is 23.2 Å². The Hall–Kier alpha value is -1.45. The van der Waals surface area contributed by atoms with E-state index in [4.69, 9.17) is 4.74 Å². The number of ether oxygens (including phenoxy) is 1. The first-order valence-electron chi connectivity index (χ1n) is 9.36. The molecule has 3 fully saturated rings. The summed E-state index contributed by atoms with van der Waals surface area (Å²) in [6, 6.07) is 0. The van der Waals surface area contributed by atoms with Gasteiger partial charge in [0.05, 0.1) is 0 Å². The smallest absolute Gasteiger partial charge is 0.303 e. The van der Waals surface area contributed by atoms with Gasteiger partial charge in [-0.1, -0.05) is 6.92 Å². The van der Waals surface area contributed by atoms with E-state index < -0.39 is 5.60 Å². The first-order valence-corrected chi connectivity index (χ1v) is 9.36. The van der Waals surface area contributed by atoms with Gasteiger partial charge in [0.15, 0.2) is 5.78 Å². The van der Waals surface area contributed by atoms with Crippen LogP contribution in [-0.4, -0.2) is 23.1 Å². The average Bonchev–Trinajstić information content (AvgIpc) is 2.83. The maximum Gasteiger partial charge on any atom is 0.303 e. The number of hydrogen-bond donors (Lipinski definition) is 0. The Morgan fingerprint density at radius 2 is 1.92 bits per heavy atom. The van der Waals surface area contributed by atoms with Crippen molar-refractivity contribution in [1.29, 1.82) is 0 Å². The second kappa shape index (κ2) is 5.27. The molecule has 130 valence electrons. The van der Waals surface area contributed by atoms with Crippen LogP contribution >= 0.6 is 0 Å². The molecule has 4 aliphatic rings. The molecule has 0 radical (unpaired) electrons. The monoisotopic (exact) mass is 330 g/mol. The zero-order valence-corrected chi connectivity index (χ0v) is 14.6. The number of rotatable bonds is 1. The minimum Gasteiger partial charge on any atom is -0.454 e. The van der Waals surface area contributed by atoms with E-state index in [2.05, 4.69) is 6.92 Å². The van der Waals surface area contributed by atoms with Gasteiger partial charge in [0.1, 0.15) is 11.4 Å². The summed E-state index contributed by atoms with van der Waals surface area (Å²) in [4.78, 5) is 37.3. The van der Waals surface area contributed by atoms with Gasteiger partial charge in [-0.3, -0.25) is 14.4 Å². The standard InChI is InChI=1S/C20H26O4/c1-12(21)24-20-9-4-3-5-13(20)11-16(22)18-14-6-7-17(23)19(14,2)10-8-15(18)20/h11,14-15,18H,3-10H2,1-2H3/t14-,15-,18-,19-,20+/m0/s1. The van der Waals surface area contributed by atoms with Gasteiger partial charge in [-0.2, -0.15) is 0 Å². The molecule has 4 rings (SSSR count). The number of ketones is 2. The summed E-state index contributed by atoms with van der Waals surface area (Å²) in [5.74, 6) is 0.244. The van der Waals surface area contributed by atoms with Crippen LogP contribution in [0, 0.1) is 23.2 Å². The van der Waals surface area contributed by atoms with Crippen molar-refractivity contribution < 1.29 is 19.1 Å². The van der Waals surface area contributed by atoms with Crippen LogP contribution in [0.2, 0.25) is 0 Å². The quantitative estimate of drug-likeness (QED) is 0.692. The Balaban J connectivity index is 1.80. The van der Waals surface area contributed by atoms with Crippen LogP contribution in [-0.2, 0) is 19.1 Å². The number of hydrogen-bond acceptors (Lipinski definition) is 4. The molecule has 3 saturated carbocycles. The lowest BCUT2D eigenvalue weighted by Gasteiger charge is -2.55. The average molecular weight is 330 g/mol. The van der Waals surface area contributed by atoms with E-state index in [1.807, 2.05) is 0 Å². The summed E-state index contributed by atoms with van der Waals surface area (Å²) in [7, 11) is 0. The Bertz CT molecular complexity index is 648. The summed E-state index contributed by atoms with van der Waals surface area (Å²) in [5.41, 5.74) is 0.0901. The third-order valence-corrected chi connectivity index (χ3v) is 7.34. The second-order valence-corrected chi connectivity index (χ2v) is 8.42. The molecule has 4 aliphatic carbocycles. The largest absolute Gasteiger partial charge is 0.454 e. The third-order valence-electron chi connectivity index (χ3n) is 7.34. The molecule has 5 atom stereocenters. The molecule has 0 aromatic carbocycles. The fraction of sp³-hybridized carbons (Fsp3) is 0.750. The number of carbonyl (C=O) groups excluding carboxylic acids is 3. The summed E-state index contributed by atoms with van der Waals surface area (Å²) in [5, 5.41) is 0. The van der Waals surface area contributed by atoms with Crippen molar-refractivity contribution in [1.82, 2.24) is 0 Å². The van der Waals surface area contributed by atoms with E-state index in [1.54, 1.807) is 6.08 Å². The molecule has 0 bridgehead atoms. The van der Waals surface area contributed by atoms with Crippen LogP contribution in [0.3, 0.4) is 0 Å². The Kier molecular flexibility index (Phi) is 3.52. The molecular weight excluding hydrogens is 304 g/mol. The highest BCUT2D eigenvalue weighted by molar-refractivity contribution is 5.97. The minimum absolute atomic E-state index is 0.0539. The van der Waals surface area contributed by atoms with Gasteiger partial charge < -0.3 is 4.74 Å². The van der Waals surface area contributed by atoms with Gasteiger partial charge >= 0.3 is 5.97 Å². The lowest BCUT2D eigenvalue weighted by molar-refractivity contribution is -0.175. The minimum atomic E-state index is -0.588. The zero-order chi connectivity index (χ0) is 17.1. The molecule has 0 amide bonds. The molecule has 0 heterocycles. The highest BCUT2D eigenvalue weighted by atomic mass is 16.6. The first kappa shape index (κ1) is 16.0. The van der Waals surface area contributed by atoms with Crippen molar-refractivity contribution in [3.8, 4) is 0 Å². The SMILES string of the molecule is CC(=O)O[C@]12CCCCC1=CC(=O)[C@H]1[C@@H]3CCC(=O)[C@@]3(C)CC[C@@H]12. The van der Waals surface area contributed by atoms with E-state index in [1.165, 1.54) is 6.92 Å². The molecule has 4 nitrogen and oxygen atoms in total. The van der Waals surface area contributed by atoms with Crippen LogP contribution in [0.25, 0.3) is 0 Å². The van der Waals surface area contributed by atoms with Crippen LogP contribution in [0.15, 0.2) is 11.6 Å². The normalized spacial score (nSPS) is 44.2. The number of esters is 1. The molecule has 24 heavy (non-hydrogen) atoms. The summed E-state index contributed by atoms with van der Waals surface area (Å²) in [6.45, 7) is 3.52. The predicted molar refractivity (Wildman–Crippen MR) is 88.1 cm³/mol. The zero-order valence-electron chi connectivity index (χ0n) is 14.6. The van der Waals surface area contributed by atoms with Crippen molar-refractivity contribution in [3.63, 3.8) is 0 Å². The molecular formula is C20H26O4. The Labute approximate surface area is 143 Å². The maximum atomic E-state index is 13.0. The number of carbonyl (C=O) groups is 3. The highest BCUT2D eigenvalue weighted by Gasteiger charge is 2.63. The van der Waals surface area contributed by atoms with E-state index in [0.29, 0.717) is 12.2 Å². The maximum absolute atomic E-state index is 13.0. The molecule has 0 spiro atoms. The molecule has 0 aliphatic heterocycles. The van der Waals surface area contributed by atoms with Crippen LogP contribution < -0.4 is 0 Å². The van der Waals surface area contributed by atoms with E-state index in [0.717, 1.165) is 50.5 Å². The fourth-order valence-electron chi connectivity index (χ4n) is 6.24. The van der Waals surface area contributed by atoms with E-state index >= 15 is 0 Å². The number of Topliss-reactive ketones (excluding diaryl/α,β-unsaturated/α-hetero) is 1. The molecule has 0 unspecified atom stereocenters. The third kappa shape index (κ3) is 2.01. The molecule has 0 N–H and O–H groups in total. The van der Waals surface area contributed by atoms with Gasteiger partial charge in [0, 0.05) is 30.6 Å². The number of allylic oxidation sites excluding steroid dienone is 1. The van der Waals surface area contributed by atoms with Gasteiger partial charge in [-0.25, -0.2) is 0 Å². The van der Waals surface area contributed by atoms with E-state index in [9.17, 15) is 14.4 Å². The molecule has 4 heteroatoms. The Morgan fingerprint density at radius 3 is 2.67 bits per heavy atom. The number of fused-ring (bicyclic) bond motifs is 5. The molecule has 0 saturated heterocycles. The Morgan fingerprint density at radius 1 is 1.12 bits per heavy atom. The van der Waals surface area contributed by atoms with Crippen LogP contribution in [0.5, 0.6) is 0 Å². The molecule has 0 aromatic rings. The molecule has 0 aromatic heterocycles. The van der Waals surface area contributed by atoms with Crippen molar-refractivity contribution in [2.75, 3.05) is 0 Å². The predicted octanol–water partition coefficient (Wildman–Crippen LogP) is 3.38. The lowest BCUT2D eigenvalue weighted by Crippen LogP contribution is -2.58. The topological polar surface area (TPSA) is 60.4 Å². The second-order valence-electron chi connectivity index (χ2n) is 8.42. The van der Waals surface area contributed by atoms with Gasteiger partial charge in [-0.05, 0) is 62.5 Å². The van der Waals surface area contributed by atoms with Crippen molar-refractivity contribution >= 4 is 17.5 Å². The summed E-state index contributed by atoms with van der Waals surface area (Å²) in [6.07, 6.45) is 8.56. The highest BCUT2D eigenvalue weighted by Crippen LogP contribution is 2.61. The lowest BCUT2D eigenvalue weighted by atomic mass is 9.51. The van der Waals surface area contributed by atoms with Crippen molar-refractivity contribution in [3.05, 3.63) is 11.6 Å². The summed E-state index contributed by atoms with van der Waals surface area (Å²) >= 11 is 0. The van der Waals surface area contributed by atoms with Gasteiger partial charge in [0.25, 0.3) is 0 Å². The van der Waals surface area contributed by atoms with Gasteiger partial charge in [0.2, 0.25) is 0 Å². The van der Waals surface area contributed by atoms with Crippen LogP contribution in [0.4, 0.5) is 0 Å².